The van der Waals surface area contributed by atoms with Gasteiger partial charge in [-0.05, 0) is 75.6 Å². The van der Waals surface area contributed by atoms with Crippen LogP contribution in [0.4, 0.5) is 41.0 Å². The maximum atomic E-state index is 13.6. The first-order valence-corrected chi connectivity index (χ1v) is 14.8. The highest BCUT2D eigenvalue weighted by molar-refractivity contribution is 6.08. The quantitative estimate of drug-likeness (QED) is 0.135. The monoisotopic (exact) mass is 644 g/mol. The fourth-order valence-corrected chi connectivity index (χ4v) is 5.04. The lowest BCUT2D eigenvalue weighted by atomic mass is 10.1. The normalized spacial score (nSPS) is 11.4. The van der Waals surface area contributed by atoms with Gasteiger partial charge < -0.3 is 30.5 Å². The number of urea groups is 1. The van der Waals surface area contributed by atoms with Crippen LogP contribution in [0, 0.1) is 0 Å². The molecule has 5 rings (SSSR count). The van der Waals surface area contributed by atoms with E-state index in [1.165, 1.54) is 6.07 Å². The summed E-state index contributed by atoms with van der Waals surface area (Å²) in [5.74, 6) is 1.25. The van der Waals surface area contributed by atoms with Gasteiger partial charge in [-0.1, -0.05) is 24.3 Å². The molecule has 3 aromatic carbocycles. The summed E-state index contributed by atoms with van der Waals surface area (Å²) in [6.07, 6.45) is -0.537. The van der Waals surface area contributed by atoms with Crippen LogP contribution in [-0.2, 0) is 6.18 Å². The number of pyridine rings is 1. The minimum absolute atomic E-state index is 0.0442. The lowest BCUT2D eigenvalue weighted by molar-refractivity contribution is -0.137. The zero-order chi connectivity index (χ0) is 33.6. The van der Waals surface area contributed by atoms with E-state index in [1.54, 1.807) is 50.8 Å². The zero-order valence-corrected chi connectivity index (χ0v) is 26.4. The van der Waals surface area contributed by atoms with Gasteiger partial charge in [-0.15, -0.1) is 0 Å². The Morgan fingerprint density at radius 3 is 2.36 bits per heavy atom. The van der Waals surface area contributed by atoms with E-state index in [1.807, 2.05) is 54.2 Å². The van der Waals surface area contributed by atoms with E-state index in [0.717, 1.165) is 25.1 Å². The average molecular weight is 645 g/mol. The number of anilines is 4. The number of nitrogens with zero attached hydrogens (tertiary/aromatic N) is 5. The molecule has 5 aromatic rings. The molecule has 0 saturated heterocycles. The van der Waals surface area contributed by atoms with Crippen LogP contribution in [0.1, 0.15) is 12.0 Å². The molecule has 10 nitrogen and oxygen atoms in total. The van der Waals surface area contributed by atoms with Crippen LogP contribution in [-0.4, -0.2) is 67.2 Å². The molecule has 13 heteroatoms. The van der Waals surface area contributed by atoms with Gasteiger partial charge in [-0.2, -0.15) is 13.2 Å². The molecule has 0 unspecified atom stereocenters. The van der Waals surface area contributed by atoms with Crippen molar-refractivity contribution in [3.05, 3.63) is 90.8 Å². The van der Waals surface area contributed by atoms with Crippen LogP contribution in [0.25, 0.3) is 22.0 Å². The first-order valence-electron chi connectivity index (χ1n) is 14.8. The van der Waals surface area contributed by atoms with Gasteiger partial charge in [-0.3, -0.25) is 0 Å². The third kappa shape index (κ3) is 8.05. The smallest absolute Gasteiger partial charge is 0.416 e. The number of alkyl halides is 3. The molecule has 0 aliphatic heterocycles. The van der Waals surface area contributed by atoms with Crippen molar-refractivity contribution in [1.82, 2.24) is 19.9 Å². The lowest BCUT2D eigenvalue weighted by Gasteiger charge is -2.24. The molecular formula is C34H35F3N8O2. The first kappa shape index (κ1) is 32.9. The number of aromatic nitrogens is 3. The third-order valence-corrected chi connectivity index (χ3v) is 7.35. The van der Waals surface area contributed by atoms with Gasteiger partial charge in [0, 0.05) is 43.8 Å². The van der Waals surface area contributed by atoms with Gasteiger partial charge in [-0.25, -0.2) is 19.7 Å². The molecule has 2 aromatic heterocycles. The second-order valence-corrected chi connectivity index (χ2v) is 11.0. The molecule has 0 atom stereocenters. The minimum atomic E-state index is -4.57. The summed E-state index contributed by atoms with van der Waals surface area (Å²) < 4.78 is 47.2. The number of ether oxygens (including phenoxy) is 1. The molecule has 0 bridgehead atoms. The fraction of sp³-hybridized carbons (Fsp3) is 0.235. The highest BCUT2D eigenvalue weighted by Crippen LogP contribution is 2.38. The summed E-state index contributed by atoms with van der Waals surface area (Å²) in [5.41, 5.74) is 1.36. The predicted molar refractivity (Wildman–Crippen MR) is 179 cm³/mol. The number of fused-ring (bicyclic) bond motifs is 1. The maximum Gasteiger partial charge on any atom is 0.416 e. The van der Waals surface area contributed by atoms with Crippen LogP contribution in [0.3, 0.4) is 0 Å². The van der Waals surface area contributed by atoms with Gasteiger partial charge in [0.25, 0.3) is 0 Å². The van der Waals surface area contributed by atoms with E-state index in [0.29, 0.717) is 57.5 Å². The highest BCUT2D eigenvalue weighted by Gasteiger charge is 2.31. The SMILES string of the molecule is CNc1nccc(-c2cccnc2Oc2ccc(NC(=O)Nc3cc(C(F)(F)F)ccc3N(C)CCCN(C)C)c3ccccc23)n1. The van der Waals surface area contributed by atoms with E-state index in [9.17, 15) is 18.0 Å². The summed E-state index contributed by atoms with van der Waals surface area (Å²) in [6.45, 7) is 1.39. The van der Waals surface area contributed by atoms with Crippen LogP contribution < -0.4 is 25.6 Å². The molecular weight excluding hydrogens is 609 g/mol. The van der Waals surface area contributed by atoms with E-state index >= 15 is 0 Å². The molecule has 244 valence electrons. The summed E-state index contributed by atoms with van der Waals surface area (Å²) in [5, 5.41) is 9.71. The standard InChI is InChI=1S/C34H35F3N8O2/c1-38-32-40-18-16-27(41-32)25-11-7-17-39-31(25)47-30-15-13-26(23-9-5-6-10-24(23)30)42-33(46)43-28-21-22(34(35,36)37)12-14-29(28)45(4)20-8-19-44(2)3/h5-7,9-18,21H,8,19-20H2,1-4H3,(H,38,40,41)(H2,42,43,46). The number of benzene rings is 3. The second-order valence-electron chi connectivity index (χ2n) is 11.0. The number of rotatable bonds is 11. The minimum Gasteiger partial charge on any atom is -0.438 e. The van der Waals surface area contributed by atoms with Crippen molar-refractivity contribution >= 4 is 39.8 Å². The molecule has 0 aliphatic carbocycles. The first-order chi connectivity index (χ1) is 22.5. The molecule has 0 fully saturated rings. The van der Waals surface area contributed by atoms with Crippen LogP contribution in [0.15, 0.2) is 85.2 Å². The predicted octanol–water partition coefficient (Wildman–Crippen LogP) is 7.58. The Morgan fingerprint density at radius 2 is 1.62 bits per heavy atom. The average Bonchev–Trinajstić information content (AvgIpc) is 3.05. The van der Waals surface area contributed by atoms with Crippen molar-refractivity contribution in [2.45, 2.75) is 12.6 Å². The van der Waals surface area contributed by atoms with Crippen molar-refractivity contribution in [3.8, 4) is 22.9 Å². The second kappa shape index (κ2) is 14.3. The Morgan fingerprint density at radius 1 is 0.851 bits per heavy atom. The summed E-state index contributed by atoms with van der Waals surface area (Å²) in [6, 6.07) is 18.7. The molecule has 0 saturated carbocycles. The van der Waals surface area contributed by atoms with Gasteiger partial charge in [0.15, 0.2) is 0 Å². The van der Waals surface area contributed by atoms with Gasteiger partial charge in [0.1, 0.15) is 5.75 Å². The van der Waals surface area contributed by atoms with Gasteiger partial charge in [0.2, 0.25) is 11.8 Å². The Balaban J connectivity index is 1.41. The van der Waals surface area contributed by atoms with Gasteiger partial charge >= 0.3 is 12.2 Å². The Kier molecular flexibility index (Phi) is 10.0. The van der Waals surface area contributed by atoms with E-state index < -0.39 is 17.8 Å². The molecule has 2 heterocycles. The molecule has 2 amide bonds. The van der Waals surface area contributed by atoms with Crippen molar-refractivity contribution in [2.75, 3.05) is 62.1 Å². The van der Waals surface area contributed by atoms with Crippen LogP contribution in [0.5, 0.6) is 11.6 Å². The molecule has 0 spiro atoms. The molecule has 0 aliphatic rings. The van der Waals surface area contributed by atoms with Gasteiger partial charge in [0.05, 0.1) is 33.9 Å². The number of hydrogen-bond acceptors (Lipinski definition) is 8. The van der Waals surface area contributed by atoms with Crippen molar-refractivity contribution < 1.29 is 22.7 Å². The molecule has 47 heavy (non-hydrogen) atoms. The Labute approximate surface area is 270 Å². The fourth-order valence-electron chi connectivity index (χ4n) is 5.04. The van der Waals surface area contributed by atoms with E-state index in [4.69, 9.17) is 4.74 Å². The third-order valence-electron chi connectivity index (χ3n) is 7.35. The maximum absolute atomic E-state index is 13.6. The Bertz CT molecular complexity index is 1870. The summed E-state index contributed by atoms with van der Waals surface area (Å²) >= 11 is 0. The number of halogens is 3. The molecule has 3 N–H and O–H groups in total. The van der Waals surface area contributed by atoms with Crippen LogP contribution in [0.2, 0.25) is 0 Å². The molecule has 0 radical (unpaired) electrons. The van der Waals surface area contributed by atoms with Crippen molar-refractivity contribution in [3.63, 3.8) is 0 Å². The number of carbonyl (C=O) groups is 1. The number of hydrogen-bond donors (Lipinski definition) is 3. The van der Waals surface area contributed by atoms with Crippen LogP contribution >= 0.6 is 0 Å². The highest BCUT2D eigenvalue weighted by atomic mass is 19.4. The number of nitrogens with one attached hydrogen (secondary N) is 3. The lowest BCUT2D eigenvalue weighted by Crippen LogP contribution is -2.26. The number of carbonyl (C=O) groups excluding carboxylic acids is 1. The summed E-state index contributed by atoms with van der Waals surface area (Å²) in [4.78, 5) is 30.3. The largest absolute Gasteiger partial charge is 0.438 e. The van der Waals surface area contributed by atoms with Crippen molar-refractivity contribution in [1.29, 1.82) is 0 Å². The zero-order valence-electron chi connectivity index (χ0n) is 26.4. The van der Waals surface area contributed by atoms with E-state index in [-0.39, 0.29) is 5.69 Å². The summed E-state index contributed by atoms with van der Waals surface area (Å²) in [7, 11) is 7.41. The Hall–Kier alpha value is -5.43. The van der Waals surface area contributed by atoms with E-state index in [2.05, 4.69) is 30.9 Å². The van der Waals surface area contributed by atoms with Crippen molar-refractivity contribution in [2.24, 2.45) is 0 Å². The topological polar surface area (TPSA) is 108 Å². The number of amides is 2.